The summed E-state index contributed by atoms with van der Waals surface area (Å²) in [7, 11) is 1.70. The molecule has 0 fully saturated rings. The van der Waals surface area contributed by atoms with Gasteiger partial charge in [-0.1, -0.05) is 53.8 Å². The Bertz CT molecular complexity index is 512. The highest BCUT2D eigenvalue weighted by Gasteiger charge is 2.30. The molecule has 3 nitrogen and oxygen atoms in total. The molecule has 1 aromatic rings. The summed E-state index contributed by atoms with van der Waals surface area (Å²) in [5.41, 5.74) is 0.956. The zero-order chi connectivity index (χ0) is 15.0. The molecule has 0 radical (unpaired) electrons. The zero-order valence-electron chi connectivity index (χ0n) is 12.7. The number of hydrogen-bond donors (Lipinski definition) is 1. The van der Waals surface area contributed by atoms with E-state index in [0.717, 1.165) is 16.0 Å². The van der Waals surface area contributed by atoms with Crippen molar-refractivity contribution in [2.45, 2.75) is 53.1 Å². The molecule has 19 heavy (non-hydrogen) atoms. The lowest BCUT2D eigenvalue weighted by molar-refractivity contribution is 0.00826. The van der Waals surface area contributed by atoms with E-state index in [-0.39, 0.29) is 16.9 Å². The minimum absolute atomic E-state index is 0.0414. The average Bonchev–Trinajstić information content (AvgIpc) is 2.20. The SMILES string of the molecule is COC(c1nc(=S)c(Br)c(C(C)(C)C)[nH]1)C(C)(C)C. The van der Waals surface area contributed by atoms with E-state index in [1.54, 1.807) is 7.11 Å². The Hall–Kier alpha value is -0.260. The van der Waals surface area contributed by atoms with Crippen molar-refractivity contribution in [2.75, 3.05) is 7.11 Å². The van der Waals surface area contributed by atoms with Crippen LogP contribution in [-0.4, -0.2) is 17.1 Å². The van der Waals surface area contributed by atoms with Crippen molar-refractivity contribution < 1.29 is 4.74 Å². The molecule has 1 unspecified atom stereocenters. The van der Waals surface area contributed by atoms with Gasteiger partial charge in [0.1, 0.15) is 16.6 Å². The van der Waals surface area contributed by atoms with Crippen molar-refractivity contribution in [2.24, 2.45) is 5.41 Å². The predicted octanol–water partition coefficient (Wildman–Crippen LogP) is 4.93. The van der Waals surface area contributed by atoms with Gasteiger partial charge in [-0.2, -0.15) is 0 Å². The van der Waals surface area contributed by atoms with Gasteiger partial charge in [0.15, 0.2) is 0 Å². The molecular weight excluding hydrogens is 324 g/mol. The normalized spacial score (nSPS) is 14.5. The fourth-order valence-electron chi connectivity index (χ4n) is 1.99. The van der Waals surface area contributed by atoms with Gasteiger partial charge in [0.2, 0.25) is 0 Å². The molecule has 1 rings (SSSR count). The van der Waals surface area contributed by atoms with Gasteiger partial charge in [-0.25, -0.2) is 4.98 Å². The van der Waals surface area contributed by atoms with E-state index in [0.29, 0.717) is 4.64 Å². The van der Waals surface area contributed by atoms with Crippen LogP contribution in [0.1, 0.15) is 59.2 Å². The Balaban J connectivity index is 3.48. The van der Waals surface area contributed by atoms with Gasteiger partial charge in [-0.15, -0.1) is 0 Å². The first-order valence-corrected chi connectivity index (χ1v) is 7.51. The molecule has 5 heteroatoms. The molecule has 108 valence electrons. The van der Waals surface area contributed by atoms with E-state index in [2.05, 4.69) is 67.4 Å². The average molecular weight is 347 g/mol. The fourth-order valence-corrected chi connectivity index (χ4v) is 2.98. The molecule has 0 aromatic carbocycles. The monoisotopic (exact) mass is 346 g/mol. The highest BCUT2D eigenvalue weighted by Crippen LogP contribution is 2.36. The Labute approximate surface area is 129 Å². The minimum atomic E-state index is -0.122. The number of halogens is 1. The van der Waals surface area contributed by atoms with E-state index < -0.39 is 0 Å². The molecule has 0 aliphatic heterocycles. The van der Waals surface area contributed by atoms with Crippen LogP contribution in [0.15, 0.2) is 4.47 Å². The van der Waals surface area contributed by atoms with Crippen molar-refractivity contribution in [1.29, 1.82) is 0 Å². The van der Waals surface area contributed by atoms with Gasteiger partial charge in [0.25, 0.3) is 0 Å². The molecule has 0 saturated carbocycles. The third kappa shape index (κ3) is 3.86. The molecule has 0 bridgehead atoms. The Morgan fingerprint density at radius 3 is 2.11 bits per heavy atom. The van der Waals surface area contributed by atoms with Crippen molar-refractivity contribution in [3.63, 3.8) is 0 Å². The third-order valence-electron chi connectivity index (χ3n) is 2.90. The number of hydrogen-bond acceptors (Lipinski definition) is 3. The standard InChI is InChI=1S/C14H23BrN2OS/c1-13(2,3)9-8(15)12(19)17-11(16-9)10(18-7)14(4,5)6/h10H,1-7H3,(H,16,17,19). The largest absolute Gasteiger partial charge is 0.373 e. The second-order valence-electron chi connectivity index (χ2n) is 6.85. The lowest BCUT2D eigenvalue weighted by Gasteiger charge is -2.30. The molecule has 0 aliphatic rings. The van der Waals surface area contributed by atoms with Crippen molar-refractivity contribution in [3.8, 4) is 0 Å². The highest BCUT2D eigenvalue weighted by molar-refractivity contribution is 9.10. The van der Waals surface area contributed by atoms with Crippen LogP contribution in [-0.2, 0) is 10.2 Å². The van der Waals surface area contributed by atoms with E-state index in [1.165, 1.54) is 0 Å². The van der Waals surface area contributed by atoms with Crippen LogP contribution in [0, 0.1) is 10.1 Å². The lowest BCUT2D eigenvalue weighted by Crippen LogP contribution is -2.25. The van der Waals surface area contributed by atoms with Crippen LogP contribution in [0.4, 0.5) is 0 Å². The van der Waals surface area contributed by atoms with Crippen LogP contribution in [0.25, 0.3) is 0 Å². The second kappa shape index (κ2) is 5.62. The maximum Gasteiger partial charge on any atom is 0.144 e. The highest BCUT2D eigenvalue weighted by atomic mass is 79.9. The molecule has 1 N–H and O–H groups in total. The predicted molar refractivity (Wildman–Crippen MR) is 85.0 cm³/mol. The van der Waals surface area contributed by atoms with E-state index in [1.807, 2.05) is 0 Å². The summed E-state index contributed by atoms with van der Waals surface area (Å²) in [4.78, 5) is 7.87. The molecule has 0 aliphatic carbocycles. The second-order valence-corrected chi connectivity index (χ2v) is 8.03. The van der Waals surface area contributed by atoms with E-state index in [4.69, 9.17) is 17.0 Å². The number of rotatable bonds is 2. The van der Waals surface area contributed by atoms with Gasteiger partial charge in [-0.05, 0) is 21.3 Å². The fraction of sp³-hybridized carbons (Fsp3) is 0.714. The topological polar surface area (TPSA) is 37.9 Å². The number of H-pyrrole nitrogens is 1. The molecule has 1 aromatic heterocycles. The zero-order valence-corrected chi connectivity index (χ0v) is 15.1. The summed E-state index contributed by atoms with van der Waals surface area (Å²) in [6.07, 6.45) is -0.122. The van der Waals surface area contributed by atoms with E-state index in [9.17, 15) is 0 Å². The maximum absolute atomic E-state index is 5.61. The van der Waals surface area contributed by atoms with Crippen molar-refractivity contribution in [3.05, 3.63) is 20.6 Å². The van der Waals surface area contributed by atoms with Crippen LogP contribution in [0.3, 0.4) is 0 Å². The Morgan fingerprint density at radius 1 is 1.21 bits per heavy atom. The Kier molecular flexibility index (Phi) is 4.97. The van der Waals surface area contributed by atoms with Crippen LogP contribution in [0.2, 0.25) is 0 Å². The minimum Gasteiger partial charge on any atom is -0.373 e. The number of nitrogens with one attached hydrogen (secondary N) is 1. The number of aromatic nitrogens is 2. The molecule has 1 heterocycles. The third-order valence-corrected chi connectivity index (χ3v) is 4.23. The van der Waals surface area contributed by atoms with Crippen molar-refractivity contribution >= 4 is 28.1 Å². The number of methoxy groups -OCH3 is 1. The van der Waals surface area contributed by atoms with Gasteiger partial charge in [0.05, 0.1) is 4.47 Å². The summed E-state index contributed by atoms with van der Waals surface area (Å²) < 4.78 is 7.05. The van der Waals surface area contributed by atoms with Gasteiger partial charge in [0, 0.05) is 18.2 Å². The van der Waals surface area contributed by atoms with Crippen LogP contribution >= 0.6 is 28.1 Å². The molecule has 0 spiro atoms. The summed E-state index contributed by atoms with van der Waals surface area (Å²) in [6, 6.07) is 0. The van der Waals surface area contributed by atoms with E-state index >= 15 is 0 Å². The van der Waals surface area contributed by atoms with Gasteiger partial charge < -0.3 is 9.72 Å². The first-order valence-electron chi connectivity index (χ1n) is 6.31. The van der Waals surface area contributed by atoms with Gasteiger partial charge >= 0.3 is 0 Å². The first-order chi connectivity index (χ1) is 8.48. The first kappa shape index (κ1) is 16.8. The van der Waals surface area contributed by atoms with Crippen molar-refractivity contribution in [1.82, 2.24) is 9.97 Å². The molecular formula is C14H23BrN2OS. The maximum atomic E-state index is 5.61. The lowest BCUT2D eigenvalue weighted by atomic mass is 9.87. The summed E-state index contributed by atoms with van der Waals surface area (Å²) in [6.45, 7) is 12.8. The summed E-state index contributed by atoms with van der Waals surface area (Å²) >= 11 is 8.89. The molecule has 0 amide bonds. The number of ether oxygens (including phenoxy) is 1. The van der Waals surface area contributed by atoms with Crippen LogP contribution in [0.5, 0.6) is 0 Å². The van der Waals surface area contributed by atoms with Crippen LogP contribution < -0.4 is 0 Å². The summed E-state index contributed by atoms with van der Waals surface area (Å²) in [5.74, 6) is 0.785. The smallest absolute Gasteiger partial charge is 0.144 e. The number of nitrogens with zero attached hydrogens (tertiary/aromatic N) is 1. The molecule has 0 saturated heterocycles. The van der Waals surface area contributed by atoms with Gasteiger partial charge in [-0.3, -0.25) is 0 Å². The Morgan fingerprint density at radius 2 is 1.74 bits per heavy atom. The molecule has 1 atom stereocenters. The summed E-state index contributed by atoms with van der Waals surface area (Å²) in [5, 5.41) is 0. The quantitative estimate of drug-likeness (QED) is 0.771. The number of aromatic amines is 1.